The lowest BCUT2D eigenvalue weighted by Gasteiger charge is -2.44. The first-order valence-electron chi connectivity index (χ1n) is 11.3. The molecule has 1 aliphatic heterocycles. The summed E-state index contributed by atoms with van der Waals surface area (Å²) in [5.74, 6) is -0.958. The monoisotopic (exact) mass is 531 g/mol. The van der Waals surface area contributed by atoms with Crippen molar-refractivity contribution in [1.29, 1.82) is 0 Å². The summed E-state index contributed by atoms with van der Waals surface area (Å²) in [6, 6.07) is 3.39. The van der Waals surface area contributed by atoms with Gasteiger partial charge in [-0.1, -0.05) is 43.6 Å². The smallest absolute Gasteiger partial charge is 0.341 e. The molecule has 8 heteroatoms. The number of nitrogens with one attached hydrogen (secondary N) is 1. The van der Waals surface area contributed by atoms with Crippen molar-refractivity contribution < 1.29 is 29.0 Å². The molecule has 0 unspecified atom stereocenters. The third-order valence-corrected chi connectivity index (χ3v) is 7.35. The van der Waals surface area contributed by atoms with Gasteiger partial charge in [-0.15, -0.1) is 0 Å². The summed E-state index contributed by atoms with van der Waals surface area (Å²) in [7, 11) is 1.47. The molecule has 7 nitrogen and oxygen atoms in total. The van der Waals surface area contributed by atoms with Gasteiger partial charge in [0.1, 0.15) is 0 Å². The second-order valence-electron chi connectivity index (χ2n) is 10.9. The molecule has 0 bridgehead atoms. The van der Waals surface area contributed by atoms with Crippen LogP contribution in [-0.4, -0.2) is 36.4 Å². The SMILES string of the molecule is COc1cc(C2C3=C(CC(C)(C)CC3=O)NC3=C2C(=O)CC(C)(C)C3)c(Br)cc1OCC(=O)O. The van der Waals surface area contributed by atoms with Crippen LogP contribution in [0.5, 0.6) is 11.5 Å². The fourth-order valence-electron chi connectivity index (χ4n) is 5.38. The average molecular weight is 532 g/mol. The fraction of sp³-hybridized carbons (Fsp3) is 0.500. The van der Waals surface area contributed by atoms with Crippen molar-refractivity contribution in [1.82, 2.24) is 5.32 Å². The highest BCUT2D eigenvalue weighted by atomic mass is 79.9. The van der Waals surface area contributed by atoms with Gasteiger partial charge in [-0.05, 0) is 41.4 Å². The quantitative estimate of drug-likeness (QED) is 0.557. The van der Waals surface area contributed by atoms with Gasteiger partial charge in [0.15, 0.2) is 29.7 Å². The van der Waals surface area contributed by atoms with Gasteiger partial charge in [0.05, 0.1) is 7.11 Å². The van der Waals surface area contributed by atoms with Crippen molar-refractivity contribution in [2.24, 2.45) is 10.8 Å². The minimum absolute atomic E-state index is 0.0324. The maximum atomic E-state index is 13.5. The number of benzene rings is 1. The largest absolute Gasteiger partial charge is 0.493 e. The molecule has 0 amide bonds. The van der Waals surface area contributed by atoms with E-state index in [0.29, 0.717) is 47.1 Å². The normalized spacial score (nSPS) is 21.6. The molecule has 182 valence electrons. The van der Waals surface area contributed by atoms with E-state index in [1.54, 1.807) is 12.1 Å². The first-order valence-corrected chi connectivity index (χ1v) is 12.1. The first kappa shape index (κ1) is 24.5. The second kappa shape index (κ2) is 8.56. The molecule has 0 spiro atoms. The zero-order chi connectivity index (χ0) is 25.0. The van der Waals surface area contributed by atoms with E-state index in [1.807, 2.05) is 0 Å². The van der Waals surface area contributed by atoms with Crippen molar-refractivity contribution in [3.63, 3.8) is 0 Å². The number of rotatable bonds is 5. The number of halogens is 1. The number of carboxylic acids is 1. The molecule has 1 aromatic rings. The number of methoxy groups -OCH3 is 1. The maximum absolute atomic E-state index is 13.5. The first-order chi connectivity index (χ1) is 15.8. The predicted molar refractivity (Wildman–Crippen MR) is 130 cm³/mol. The number of carboxylic acid groups (broad SMARTS) is 1. The number of aliphatic carboxylic acids is 1. The van der Waals surface area contributed by atoms with Crippen molar-refractivity contribution >= 4 is 33.5 Å². The number of ketones is 2. The minimum atomic E-state index is -1.10. The highest BCUT2D eigenvalue weighted by Gasteiger charge is 2.47. The Morgan fingerprint density at radius 1 is 1.00 bits per heavy atom. The molecule has 0 radical (unpaired) electrons. The lowest BCUT2D eigenvalue weighted by atomic mass is 9.64. The van der Waals surface area contributed by atoms with E-state index in [4.69, 9.17) is 14.6 Å². The lowest BCUT2D eigenvalue weighted by Crippen LogP contribution is -2.42. The summed E-state index contributed by atoms with van der Waals surface area (Å²) in [6.45, 7) is 7.82. The van der Waals surface area contributed by atoms with Gasteiger partial charge < -0.3 is 19.9 Å². The number of dihydropyridines is 1. The van der Waals surface area contributed by atoms with Crippen molar-refractivity contribution in [2.75, 3.05) is 13.7 Å². The molecule has 0 aromatic heterocycles. The highest BCUT2D eigenvalue weighted by Crippen LogP contribution is 2.53. The number of carbonyl (C=O) groups excluding carboxylic acids is 2. The van der Waals surface area contributed by atoms with Crippen LogP contribution in [0.1, 0.15) is 64.9 Å². The summed E-state index contributed by atoms with van der Waals surface area (Å²) < 4.78 is 11.5. The predicted octanol–water partition coefficient (Wildman–Crippen LogP) is 4.89. The standard InChI is InChI=1S/C26H30BrNO6/c1-25(2)8-15-23(17(29)10-25)22(24-16(28-15)9-26(3,4)11-18(24)30)13-6-19(33-5)20(7-14(13)27)34-12-21(31)32/h6-7,22,28H,8-12H2,1-5H3,(H,31,32). The van der Waals surface area contributed by atoms with Gasteiger partial charge >= 0.3 is 5.97 Å². The molecule has 1 heterocycles. The molecule has 0 saturated carbocycles. The summed E-state index contributed by atoms with van der Waals surface area (Å²) in [4.78, 5) is 37.9. The average Bonchev–Trinajstić information content (AvgIpc) is 2.68. The lowest BCUT2D eigenvalue weighted by molar-refractivity contribution is -0.139. The topological polar surface area (TPSA) is 102 Å². The summed E-state index contributed by atoms with van der Waals surface area (Å²) in [5.41, 5.74) is 3.40. The van der Waals surface area contributed by atoms with Gasteiger partial charge in [0.2, 0.25) is 0 Å². The molecular weight excluding hydrogens is 502 g/mol. The Morgan fingerprint density at radius 3 is 2.00 bits per heavy atom. The number of hydrogen-bond acceptors (Lipinski definition) is 6. The van der Waals surface area contributed by atoms with Crippen LogP contribution in [-0.2, 0) is 14.4 Å². The van der Waals surface area contributed by atoms with E-state index in [-0.39, 0.29) is 28.1 Å². The van der Waals surface area contributed by atoms with Crippen LogP contribution in [0.2, 0.25) is 0 Å². The van der Waals surface area contributed by atoms with E-state index in [0.717, 1.165) is 17.0 Å². The van der Waals surface area contributed by atoms with Crippen LogP contribution < -0.4 is 14.8 Å². The van der Waals surface area contributed by atoms with Crippen molar-refractivity contribution in [2.45, 2.75) is 59.3 Å². The fourth-order valence-corrected chi connectivity index (χ4v) is 5.94. The van der Waals surface area contributed by atoms with Crippen molar-refractivity contribution in [3.05, 3.63) is 44.7 Å². The van der Waals surface area contributed by atoms with E-state index in [1.165, 1.54) is 7.11 Å². The maximum Gasteiger partial charge on any atom is 0.341 e. The Hall–Kier alpha value is -2.61. The Bertz CT molecular complexity index is 1110. The van der Waals surface area contributed by atoms with E-state index >= 15 is 0 Å². The summed E-state index contributed by atoms with van der Waals surface area (Å²) in [5, 5.41) is 12.5. The molecule has 3 aliphatic rings. The van der Waals surface area contributed by atoms with Gasteiger partial charge in [0, 0.05) is 45.8 Å². The number of allylic oxidation sites excluding steroid dienone is 4. The number of ether oxygens (including phenoxy) is 2. The summed E-state index contributed by atoms with van der Waals surface area (Å²) in [6.07, 6.45) is 2.23. The van der Waals surface area contributed by atoms with Crippen LogP contribution in [0.15, 0.2) is 39.1 Å². The highest BCUT2D eigenvalue weighted by molar-refractivity contribution is 9.10. The molecule has 2 aliphatic carbocycles. The van der Waals surface area contributed by atoms with Gasteiger partial charge in [-0.3, -0.25) is 9.59 Å². The van der Waals surface area contributed by atoms with Gasteiger partial charge in [0.25, 0.3) is 0 Å². The Kier molecular flexibility index (Phi) is 6.17. The van der Waals surface area contributed by atoms with Crippen LogP contribution in [0, 0.1) is 10.8 Å². The molecule has 0 fully saturated rings. The molecule has 0 atom stereocenters. The molecule has 0 saturated heterocycles. The minimum Gasteiger partial charge on any atom is -0.493 e. The van der Waals surface area contributed by atoms with Crippen LogP contribution in [0.4, 0.5) is 0 Å². The van der Waals surface area contributed by atoms with E-state index in [9.17, 15) is 14.4 Å². The molecule has 1 aromatic carbocycles. The zero-order valence-electron chi connectivity index (χ0n) is 20.1. The molecule has 4 rings (SSSR count). The van der Waals surface area contributed by atoms with Gasteiger partial charge in [-0.2, -0.15) is 0 Å². The number of Topliss-reactive ketones (excluding diaryl/α,β-unsaturated/α-hetero) is 2. The van der Waals surface area contributed by atoms with Crippen LogP contribution in [0.25, 0.3) is 0 Å². The number of carbonyl (C=O) groups is 3. The van der Waals surface area contributed by atoms with Crippen LogP contribution >= 0.6 is 15.9 Å². The molecule has 2 N–H and O–H groups in total. The number of hydrogen-bond donors (Lipinski definition) is 2. The van der Waals surface area contributed by atoms with Gasteiger partial charge in [-0.25, -0.2) is 4.79 Å². The molecule has 34 heavy (non-hydrogen) atoms. The third-order valence-electron chi connectivity index (χ3n) is 6.66. The van der Waals surface area contributed by atoms with Crippen LogP contribution in [0.3, 0.4) is 0 Å². The second-order valence-corrected chi connectivity index (χ2v) is 11.8. The third kappa shape index (κ3) is 4.52. The Balaban J connectivity index is 1.90. The molecular formula is C26H30BrNO6. The van der Waals surface area contributed by atoms with Crippen molar-refractivity contribution in [3.8, 4) is 11.5 Å². The summed E-state index contributed by atoms with van der Waals surface area (Å²) >= 11 is 3.60. The zero-order valence-corrected chi connectivity index (χ0v) is 21.7. The van der Waals surface area contributed by atoms with E-state index < -0.39 is 18.5 Å². The Morgan fingerprint density at radius 2 is 1.53 bits per heavy atom. The Labute approximate surface area is 207 Å². The van der Waals surface area contributed by atoms with E-state index in [2.05, 4.69) is 48.9 Å².